The Hall–Kier alpha value is -4.25. The number of aryl methyl sites for hydroxylation is 3. The first-order valence-corrected chi connectivity index (χ1v) is 13.2. The molecule has 5 heteroatoms. The Morgan fingerprint density at radius 1 is 0.842 bits per heavy atom. The summed E-state index contributed by atoms with van der Waals surface area (Å²) >= 11 is 0. The van der Waals surface area contributed by atoms with E-state index >= 15 is 0 Å². The monoisotopic (exact) mass is 503 g/mol. The summed E-state index contributed by atoms with van der Waals surface area (Å²) in [6.45, 7) is 6.88. The van der Waals surface area contributed by atoms with Gasteiger partial charge in [0.05, 0.1) is 12.5 Å². The van der Waals surface area contributed by atoms with Crippen LogP contribution >= 0.6 is 0 Å². The number of hydrogen-bond acceptors (Lipinski definition) is 3. The van der Waals surface area contributed by atoms with Crippen LogP contribution in [0.4, 0.5) is 0 Å². The second kappa shape index (κ2) is 11.0. The van der Waals surface area contributed by atoms with Crippen molar-refractivity contribution in [3.05, 3.63) is 130 Å². The molecule has 0 radical (unpaired) electrons. The van der Waals surface area contributed by atoms with Gasteiger partial charge in [0, 0.05) is 18.0 Å². The van der Waals surface area contributed by atoms with E-state index in [9.17, 15) is 9.90 Å². The van der Waals surface area contributed by atoms with E-state index in [-0.39, 0.29) is 5.92 Å². The largest absolute Gasteiger partial charge is 0.481 e. The Morgan fingerprint density at radius 2 is 1.47 bits per heavy atom. The van der Waals surface area contributed by atoms with Crippen molar-refractivity contribution in [2.24, 2.45) is 5.92 Å². The highest BCUT2D eigenvalue weighted by Gasteiger charge is 2.31. The third kappa shape index (κ3) is 5.23. The minimum Gasteiger partial charge on any atom is -0.481 e. The van der Waals surface area contributed by atoms with E-state index in [1.807, 2.05) is 67.6 Å². The molecule has 1 N–H and O–H groups in total. The maximum absolute atomic E-state index is 12.6. The molecule has 5 nitrogen and oxygen atoms in total. The molecule has 0 spiro atoms. The molecule has 0 bridgehead atoms. The number of hydrogen-bond donors (Lipinski definition) is 1. The van der Waals surface area contributed by atoms with Crippen molar-refractivity contribution in [2.45, 2.75) is 46.1 Å². The third-order valence-electron chi connectivity index (χ3n) is 7.27. The molecule has 5 aromatic rings. The number of rotatable bonds is 9. The molecule has 0 amide bonds. The van der Waals surface area contributed by atoms with Crippen molar-refractivity contribution in [1.82, 2.24) is 14.5 Å². The molecule has 2 heterocycles. The zero-order chi connectivity index (χ0) is 26.6. The summed E-state index contributed by atoms with van der Waals surface area (Å²) in [5, 5.41) is 10.3. The molecule has 0 saturated heterocycles. The quantitative estimate of drug-likeness (QED) is 0.242. The van der Waals surface area contributed by atoms with E-state index in [4.69, 9.17) is 9.97 Å². The summed E-state index contributed by atoms with van der Waals surface area (Å²) in [6, 6.07) is 30.3. The highest BCUT2D eigenvalue weighted by atomic mass is 16.4. The van der Waals surface area contributed by atoms with Crippen molar-refractivity contribution < 1.29 is 9.90 Å². The van der Waals surface area contributed by atoms with E-state index in [0.717, 1.165) is 56.9 Å². The van der Waals surface area contributed by atoms with Crippen LogP contribution in [0.15, 0.2) is 91.0 Å². The number of nitrogens with zero attached hydrogens (tertiary/aromatic N) is 3. The van der Waals surface area contributed by atoms with Crippen molar-refractivity contribution in [2.75, 3.05) is 0 Å². The van der Waals surface area contributed by atoms with Gasteiger partial charge in [-0.2, -0.15) is 0 Å². The maximum Gasteiger partial charge on any atom is 0.307 e. The molecule has 0 aliphatic carbocycles. The predicted octanol–water partition coefficient (Wildman–Crippen LogP) is 6.73. The number of aromatic nitrogens is 3. The molecule has 0 aliphatic rings. The van der Waals surface area contributed by atoms with Gasteiger partial charge in [-0.05, 0) is 54.2 Å². The Kier molecular flexibility index (Phi) is 7.36. The van der Waals surface area contributed by atoms with Crippen molar-refractivity contribution in [3.8, 4) is 0 Å². The highest BCUT2D eigenvalue weighted by Crippen LogP contribution is 2.35. The van der Waals surface area contributed by atoms with Gasteiger partial charge in [-0.25, -0.2) is 9.97 Å². The fraction of sp³-hybridized carbons (Fsp3) is 0.242. The number of aliphatic carboxylic acids is 1. The second-order valence-corrected chi connectivity index (χ2v) is 9.98. The summed E-state index contributed by atoms with van der Waals surface area (Å²) in [5.74, 6) is -0.636. The fourth-order valence-electron chi connectivity index (χ4n) is 5.43. The van der Waals surface area contributed by atoms with Gasteiger partial charge >= 0.3 is 5.97 Å². The zero-order valence-corrected chi connectivity index (χ0v) is 22.1. The molecule has 192 valence electrons. The van der Waals surface area contributed by atoms with Crippen LogP contribution in [0.1, 0.15) is 52.2 Å². The standard InChI is InChI=1S/C33H33N3O2/c1-4-29-35-31-22(2)19-23(3)34-32(31)36(29)21-25-15-17-27(18-16-25)30(26-13-9-6-10-14-26)28(33(37)38)20-24-11-7-5-8-12-24/h5-19,28,30H,4,20-21H2,1-3H3,(H,37,38). The molecule has 0 saturated carbocycles. The van der Waals surface area contributed by atoms with Gasteiger partial charge in [0.1, 0.15) is 11.3 Å². The Morgan fingerprint density at radius 3 is 2.11 bits per heavy atom. The first-order chi connectivity index (χ1) is 18.4. The molecule has 5 rings (SSSR count). The van der Waals surface area contributed by atoms with Gasteiger partial charge in [-0.15, -0.1) is 0 Å². The fourth-order valence-corrected chi connectivity index (χ4v) is 5.43. The van der Waals surface area contributed by atoms with Crippen molar-refractivity contribution in [1.29, 1.82) is 0 Å². The first kappa shape index (κ1) is 25.4. The summed E-state index contributed by atoms with van der Waals surface area (Å²) < 4.78 is 2.20. The van der Waals surface area contributed by atoms with E-state index in [1.165, 1.54) is 0 Å². The summed E-state index contributed by atoms with van der Waals surface area (Å²) in [6.07, 6.45) is 1.28. The summed E-state index contributed by atoms with van der Waals surface area (Å²) in [7, 11) is 0. The smallest absolute Gasteiger partial charge is 0.307 e. The minimum atomic E-state index is -0.791. The highest BCUT2D eigenvalue weighted by molar-refractivity contribution is 5.76. The molecule has 2 aromatic heterocycles. The van der Waals surface area contributed by atoms with E-state index in [1.54, 1.807) is 0 Å². The van der Waals surface area contributed by atoms with E-state index in [2.05, 4.69) is 48.7 Å². The van der Waals surface area contributed by atoms with Gasteiger partial charge in [-0.3, -0.25) is 4.79 Å². The molecule has 3 aromatic carbocycles. The van der Waals surface area contributed by atoms with Gasteiger partial charge in [-0.1, -0.05) is 91.9 Å². The Bertz CT molecular complexity index is 1540. The van der Waals surface area contributed by atoms with Crippen LogP contribution in [-0.4, -0.2) is 25.6 Å². The van der Waals surface area contributed by atoms with Crippen LogP contribution < -0.4 is 0 Å². The molecule has 0 fully saturated rings. The van der Waals surface area contributed by atoms with Crippen LogP contribution in [0, 0.1) is 19.8 Å². The van der Waals surface area contributed by atoms with Crippen LogP contribution in [-0.2, 0) is 24.2 Å². The maximum atomic E-state index is 12.6. The second-order valence-electron chi connectivity index (χ2n) is 9.98. The summed E-state index contributed by atoms with van der Waals surface area (Å²) in [5.41, 5.74) is 8.16. The number of carbonyl (C=O) groups is 1. The minimum absolute atomic E-state index is 0.268. The normalized spacial score (nSPS) is 12.9. The van der Waals surface area contributed by atoms with Crippen LogP contribution in [0.25, 0.3) is 11.2 Å². The average molecular weight is 504 g/mol. The molecule has 38 heavy (non-hydrogen) atoms. The lowest BCUT2D eigenvalue weighted by atomic mass is 9.77. The number of imidazole rings is 1. The lowest BCUT2D eigenvalue weighted by Crippen LogP contribution is -2.25. The summed E-state index contributed by atoms with van der Waals surface area (Å²) in [4.78, 5) is 22.3. The molecular weight excluding hydrogens is 470 g/mol. The van der Waals surface area contributed by atoms with Crippen LogP contribution in [0.3, 0.4) is 0 Å². The van der Waals surface area contributed by atoms with E-state index in [0.29, 0.717) is 13.0 Å². The molecule has 0 aliphatic heterocycles. The predicted molar refractivity (Wildman–Crippen MR) is 151 cm³/mol. The number of carboxylic acids is 1. The molecule has 2 atom stereocenters. The topological polar surface area (TPSA) is 68.0 Å². The van der Waals surface area contributed by atoms with Gasteiger partial charge in [0.25, 0.3) is 0 Å². The molecular formula is C33H33N3O2. The van der Waals surface area contributed by atoms with Crippen LogP contribution in [0.5, 0.6) is 0 Å². The van der Waals surface area contributed by atoms with Gasteiger partial charge in [0.15, 0.2) is 5.65 Å². The Labute approximate surface area is 223 Å². The number of fused-ring (bicyclic) bond motifs is 1. The van der Waals surface area contributed by atoms with Crippen molar-refractivity contribution >= 4 is 17.1 Å². The third-order valence-corrected chi connectivity index (χ3v) is 7.27. The van der Waals surface area contributed by atoms with Crippen LogP contribution in [0.2, 0.25) is 0 Å². The van der Waals surface area contributed by atoms with E-state index < -0.39 is 11.9 Å². The number of benzene rings is 3. The van der Waals surface area contributed by atoms with Crippen molar-refractivity contribution in [3.63, 3.8) is 0 Å². The van der Waals surface area contributed by atoms with Gasteiger partial charge in [0.2, 0.25) is 0 Å². The average Bonchev–Trinajstić information content (AvgIpc) is 3.28. The molecule has 2 unspecified atom stereocenters. The zero-order valence-electron chi connectivity index (χ0n) is 22.1. The number of carboxylic acid groups (broad SMARTS) is 1. The van der Waals surface area contributed by atoms with Gasteiger partial charge < -0.3 is 9.67 Å². The first-order valence-electron chi connectivity index (χ1n) is 13.2. The lowest BCUT2D eigenvalue weighted by molar-refractivity contribution is -0.142. The SMILES string of the molecule is CCc1nc2c(C)cc(C)nc2n1Cc1ccc(C(c2ccccc2)C(Cc2ccccc2)C(=O)O)cc1. The number of pyridine rings is 1. The lowest BCUT2D eigenvalue weighted by Gasteiger charge is -2.25. The Balaban J connectivity index is 1.50.